The highest BCUT2D eigenvalue weighted by Crippen LogP contribution is 2.22. The van der Waals surface area contributed by atoms with Crippen LogP contribution in [0.2, 0.25) is 5.15 Å². The Bertz CT molecular complexity index is 631. The maximum absolute atomic E-state index is 12.9. The number of carbonyl (C=O) groups excluding carboxylic acids is 1. The van der Waals surface area contributed by atoms with Crippen molar-refractivity contribution < 1.29 is 9.18 Å². The number of hydrogen-bond acceptors (Lipinski definition) is 3. The van der Waals surface area contributed by atoms with Gasteiger partial charge in [-0.25, -0.2) is 9.37 Å². The van der Waals surface area contributed by atoms with E-state index in [0.29, 0.717) is 12.2 Å². The van der Waals surface area contributed by atoms with Crippen LogP contribution in [-0.4, -0.2) is 17.4 Å². The Hall–Kier alpha value is -2.14. The lowest BCUT2D eigenvalue weighted by Crippen LogP contribution is -2.31. The molecule has 1 heterocycles. The lowest BCUT2D eigenvalue weighted by atomic mass is 10.2. The van der Waals surface area contributed by atoms with Crippen LogP contribution in [0.1, 0.15) is 17.3 Å². The van der Waals surface area contributed by atoms with Gasteiger partial charge in [0.05, 0.1) is 17.4 Å². The van der Waals surface area contributed by atoms with Crippen LogP contribution in [-0.2, 0) is 0 Å². The van der Waals surface area contributed by atoms with E-state index in [9.17, 15) is 9.18 Å². The maximum atomic E-state index is 12.9. The van der Waals surface area contributed by atoms with Crippen LogP contribution in [0.5, 0.6) is 0 Å². The number of halogens is 2. The Morgan fingerprint density at radius 3 is 2.65 bits per heavy atom. The van der Waals surface area contributed by atoms with Gasteiger partial charge in [-0.05, 0) is 37.3 Å². The third kappa shape index (κ3) is 2.88. The highest BCUT2D eigenvalue weighted by atomic mass is 35.5. The van der Waals surface area contributed by atoms with Crippen LogP contribution in [0, 0.1) is 5.82 Å². The molecular weight excluding hydrogens is 281 g/mol. The van der Waals surface area contributed by atoms with Gasteiger partial charge in [0.2, 0.25) is 0 Å². The molecular formula is C14H13ClFN3O. The highest BCUT2D eigenvalue weighted by Gasteiger charge is 2.19. The summed E-state index contributed by atoms with van der Waals surface area (Å²) < 4.78 is 12.9. The molecule has 2 rings (SSSR count). The van der Waals surface area contributed by atoms with Gasteiger partial charge < -0.3 is 10.6 Å². The summed E-state index contributed by atoms with van der Waals surface area (Å²) in [6.07, 6.45) is 1.34. The van der Waals surface area contributed by atoms with Crippen molar-refractivity contribution in [1.29, 1.82) is 0 Å². The quantitative estimate of drug-likeness (QED) is 0.885. The molecule has 4 nitrogen and oxygen atoms in total. The number of benzene rings is 1. The molecule has 0 bridgehead atoms. The van der Waals surface area contributed by atoms with Crippen LogP contribution in [0.15, 0.2) is 36.5 Å². The second-order valence-electron chi connectivity index (χ2n) is 4.12. The Morgan fingerprint density at radius 1 is 1.40 bits per heavy atom. The average Bonchev–Trinajstić information content (AvgIpc) is 2.44. The highest BCUT2D eigenvalue weighted by molar-refractivity contribution is 6.30. The number of aromatic nitrogens is 1. The fraction of sp³-hybridized carbons (Fsp3) is 0.143. The van der Waals surface area contributed by atoms with E-state index in [0.717, 1.165) is 0 Å². The van der Waals surface area contributed by atoms with E-state index in [4.69, 9.17) is 17.3 Å². The van der Waals surface area contributed by atoms with E-state index in [2.05, 4.69) is 4.98 Å². The van der Waals surface area contributed by atoms with Gasteiger partial charge in [0, 0.05) is 12.2 Å². The topological polar surface area (TPSA) is 59.2 Å². The summed E-state index contributed by atoms with van der Waals surface area (Å²) in [5, 5.41) is 0.192. The molecule has 0 atom stereocenters. The molecule has 2 N–H and O–H groups in total. The molecule has 0 aliphatic carbocycles. The van der Waals surface area contributed by atoms with E-state index < -0.39 is 0 Å². The fourth-order valence-corrected chi connectivity index (χ4v) is 1.99. The number of nitrogens with two attached hydrogens (primary N) is 1. The summed E-state index contributed by atoms with van der Waals surface area (Å²) in [4.78, 5) is 17.8. The molecule has 1 aromatic carbocycles. The van der Waals surface area contributed by atoms with Crippen molar-refractivity contribution in [2.24, 2.45) is 0 Å². The summed E-state index contributed by atoms with van der Waals surface area (Å²) in [7, 11) is 0. The summed E-state index contributed by atoms with van der Waals surface area (Å²) in [6, 6.07) is 7.10. The molecule has 0 radical (unpaired) electrons. The zero-order valence-electron chi connectivity index (χ0n) is 10.8. The molecule has 1 amide bonds. The predicted octanol–water partition coefficient (Wildman–Crippen LogP) is 3.12. The Morgan fingerprint density at radius 2 is 2.05 bits per heavy atom. The van der Waals surface area contributed by atoms with Crippen molar-refractivity contribution in [2.45, 2.75) is 6.92 Å². The van der Waals surface area contributed by atoms with Crippen molar-refractivity contribution in [3.8, 4) is 0 Å². The second kappa shape index (κ2) is 5.88. The molecule has 0 unspecified atom stereocenters. The summed E-state index contributed by atoms with van der Waals surface area (Å²) >= 11 is 5.79. The first-order valence-electron chi connectivity index (χ1n) is 6.01. The molecule has 0 fully saturated rings. The number of pyridine rings is 1. The fourth-order valence-electron chi connectivity index (χ4n) is 1.84. The number of nitrogens with zero attached hydrogens (tertiary/aromatic N) is 2. The number of hydrogen-bond donors (Lipinski definition) is 1. The van der Waals surface area contributed by atoms with Gasteiger partial charge in [-0.3, -0.25) is 4.79 Å². The van der Waals surface area contributed by atoms with Gasteiger partial charge in [0.1, 0.15) is 11.0 Å². The molecule has 0 spiro atoms. The molecule has 1 aromatic heterocycles. The average molecular weight is 294 g/mol. The van der Waals surface area contributed by atoms with Crippen LogP contribution in [0.4, 0.5) is 15.8 Å². The van der Waals surface area contributed by atoms with E-state index in [-0.39, 0.29) is 28.1 Å². The lowest BCUT2D eigenvalue weighted by Gasteiger charge is -2.21. The third-order valence-corrected chi connectivity index (χ3v) is 3.04. The van der Waals surface area contributed by atoms with Gasteiger partial charge in [-0.2, -0.15) is 0 Å². The van der Waals surface area contributed by atoms with Crippen molar-refractivity contribution in [3.63, 3.8) is 0 Å². The molecule has 104 valence electrons. The zero-order valence-corrected chi connectivity index (χ0v) is 11.6. The number of carbonyl (C=O) groups is 1. The second-order valence-corrected chi connectivity index (χ2v) is 4.51. The summed E-state index contributed by atoms with van der Waals surface area (Å²) in [6.45, 7) is 2.24. The Kier molecular flexibility index (Phi) is 4.20. The first-order valence-corrected chi connectivity index (χ1v) is 6.39. The van der Waals surface area contributed by atoms with E-state index >= 15 is 0 Å². The maximum Gasteiger partial charge on any atom is 0.260 e. The number of rotatable bonds is 3. The van der Waals surface area contributed by atoms with Crippen LogP contribution in [0.25, 0.3) is 0 Å². The van der Waals surface area contributed by atoms with E-state index in [1.807, 2.05) is 6.92 Å². The minimum atomic E-state index is -0.358. The van der Waals surface area contributed by atoms with Crippen molar-refractivity contribution in [1.82, 2.24) is 4.98 Å². The van der Waals surface area contributed by atoms with Crippen molar-refractivity contribution in [3.05, 3.63) is 53.1 Å². The van der Waals surface area contributed by atoms with Gasteiger partial charge in [0.25, 0.3) is 5.91 Å². The van der Waals surface area contributed by atoms with Gasteiger partial charge in [-0.15, -0.1) is 0 Å². The van der Waals surface area contributed by atoms with Gasteiger partial charge in [0.15, 0.2) is 0 Å². The van der Waals surface area contributed by atoms with Crippen LogP contribution < -0.4 is 10.6 Å². The Labute approximate surface area is 121 Å². The first kappa shape index (κ1) is 14.3. The number of anilines is 2. The monoisotopic (exact) mass is 293 g/mol. The molecule has 0 aliphatic heterocycles. The third-order valence-electron chi connectivity index (χ3n) is 2.83. The standard InChI is InChI=1S/C14H13ClFN3O/c1-2-19(10-5-3-9(16)4-6-10)14(20)11-7-13(15)18-8-12(11)17/h3-8H,2,17H2,1H3. The molecule has 0 aliphatic rings. The predicted molar refractivity (Wildman–Crippen MR) is 77.4 cm³/mol. The zero-order chi connectivity index (χ0) is 14.7. The van der Waals surface area contributed by atoms with Crippen molar-refractivity contribution in [2.75, 3.05) is 17.2 Å². The van der Waals surface area contributed by atoms with E-state index in [1.165, 1.54) is 41.4 Å². The molecule has 0 saturated carbocycles. The normalized spacial score (nSPS) is 10.3. The van der Waals surface area contributed by atoms with Gasteiger partial charge >= 0.3 is 0 Å². The number of nitrogen functional groups attached to an aromatic ring is 1. The smallest absolute Gasteiger partial charge is 0.260 e. The molecule has 6 heteroatoms. The minimum absolute atomic E-state index is 0.192. The lowest BCUT2D eigenvalue weighted by molar-refractivity contribution is 0.0989. The van der Waals surface area contributed by atoms with Crippen LogP contribution in [0.3, 0.4) is 0 Å². The van der Waals surface area contributed by atoms with Crippen LogP contribution >= 0.6 is 11.6 Å². The number of amides is 1. The Balaban J connectivity index is 2.38. The van der Waals surface area contributed by atoms with Gasteiger partial charge in [-0.1, -0.05) is 11.6 Å². The minimum Gasteiger partial charge on any atom is -0.397 e. The SMILES string of the molecule is CCN(C(=O)c1cc(Cl)ncc1N)c1ccc(F)cc1. The first-order chi connectivity index (χ1) is 9.52. The van der Waals surface area contributed by atoms with E-state index in [1.54, 1.807) is 0 Å². The summed E-state index contributed by atoms with van der Waals surface area (Å²) in [5.41, 5.74) is 6.87. The molecule has 20 heavy (non-hydrogen) atoms. The molecule has 2 aromatic rings. The largest absolute Gasteiger partial charge is 0.397 e. The van der Waals surface area contributed by atoms with Crippen molar-refractivity contribution >= 4 is 28.9 Å². The molecule has 0 saturated heterocycles. The summed E-state index contributed by atoms with van der Waals surface area (Å²) in [5.74, 6) is -0.662.